The minimum atomic E-state index is -0.495. The number of rotatable bonds is 4. The number of carbonyl (C=O) groups excluding carboxylic acids is 1. The molecule has 0 atom stereocenters. The zero-order valence-corrected chi connectivity index (χ0v) is 11.0. The Morgan fingerprint density at radius 3 is 2.72 bits per heavy atom. The van der Waals surface area contributed by atoms with E-state index in [1.165, 1.54) is 6.07 Å². The second-order valence-electron chi connectivity index (χ2n) is 5.17. The molecular weight excluding hydrogens is 253 g/mol. The smallest absolute Gasteiger partial charge is 0.145 e. The molecular formula is C14H17ClFNO. The molecule has 2 rings (SSSR count). The SMILES string of the molecule is NC1(CC(=O)Cc2cccc(Cl)c2F)CCCC1. The van der Waals surface area contributed by atoms with Crippen molar-refractivity contribution in [1.82, 2.24) is 0 Å². The Hall–Kier alpha value is -0.930. The van der Waals surface area contributed by atoms with Crippen molar-refractivity contribution in [2.24, 2.45) is 5.73 Å². The van der Waals surface area contributed by atoms with Gasteiger partial charge < -0.3 is 5.73 Å². The molecule has 0 spiro atoms. The first-order valence-corrected chi connectivity index (χ1v) is 6.61. The molecule has 0 amide bonds. The molecule has 0 saturated heterocycles. The first-order chi connectivity index (χ1) is 8.50. The highest BCUT2D eigenvalue weighted by Crippen LogP contribution is 2.30. The van der Waals surface area contributed by atoms with Crippen molar-refractivity contribution >= 4 is 17.4 Å². The standard InChI is InChI=1S/C14H17ClFNO/c15-12-5-3-4-10(13(12)16)8-11(18)9-14(17)6-1-2-7-14/h3-5H,1-2,6-9,17H2. The average Bonchev–Trinajstić information content (AvgIpc) is 2.71. The minimum Gasteiger partial charge on any atom is -0.325 e. The molecule has 1 aromatic rings. The summed E-state index contributed by atoms with van der Waals surface area (Å²) in [5.74, 6) is -0.509. The third-order valence-corrected chi connectivity index (χ3v) is 3.86. The summed E-state index contributed by atoms with van der Waals surface area (Å²) >= 11 is 5.68. The maximum Gasteiger partial charge on any atom is 0.145 e. The van der Waals surface area contributed by atoms with E-state index in [0.717, 1.165) is 25.7 Å². The van der Waals surface area contributed by atoms with E-state index < -0.39 is 5.82 Å². The molecule has 0 radical (unpaired) electrons. The van der Waals surface area contributed by atoms with Gasteiger partial charge in [-0.2, -0.15) is 0 Å². The Bertz CT molecular complexity index is 455. The van der Waals surface area contributed by atoms with Gasteiger partial charge in [0.05, 0.1) is 5.02 Å². The van der Waals surface area contributed by atoms with Gasteiger partial charge in [0.15, 0.2) is 0 Å². The van der Waals surface area contributed by atoms with Crippen LogP contribution in [0.1, 0.15) is 37.7 Å². The molecule has 2 N–H and O–H groups in total. The lowest BCUT2D eigenvalue weighted by Gasteiger charge is -2.22. The van der Waals surface area contributed by atoms with Gasteiger partial charge in [0.1, 0.15) is 11.6 Å². The van der Waals surface area contributed by atoms with Crippen molar-refractivity contribution in [3.8, 4) is 0 Å². The van der Waals surface area contributed by atoms with E-state index in [4.69, 9.17) is 17.3 Å². The van der Waals surface area contributed by atoms with Crippen LogP contribution in [0.4, 0.5) is 4.39 Å². The van der Waals surface area contributed by atoms with Crippen LogP contribution < -0.4 is 5.73 Å². The van der Waals surface area contributed by atoms with Gasteiger partial charge in [-0.15, -0.1) is 0 Å². The Balaban J connectivity index is 2.01. The fraction of sp³-hybridized carbons (Fsp3) is 0.500. The summed E-state index contributed by atoms with van der Waals surface area (Å²) in [5.41, 5.74) is 6.13. The van der Waals surface area contributed by atoms with Crippen molar-refractivity contribution in [3.63, 3.8) is 0 Å². The number of Topliss-reactive ketones (excluding diaryl/α,β-unsaturated/α-hetero) is 1. The molecule has 4 heteroatoms. The largest absolute Gasteiger partial charge is 0.325 e. The molecule has 0 unspecified atom stereocenters. The van der Waals surface area contributed by atoms with Crippen LogP contribution >= 0.6 is 11.6 Å². The Morgan fingerprint density at radius 1 is 1.39 bits per heavy atom. The third kappa shape index (κ3) is 3.09. The van der Waals surface area contributed by atoms with Gasteiger partial charge in [-0.05, 0) is 24.5 Å². The Morgan fingerprint density at radius 2 is 2.06 bits per heavy atom. The lowest BCUT2D eigenvalue weighted by molar-refractivity contribution is -0.119. The Kier molecular flexibility index (Phi) is 4.03. The van der Waals surface area contributed by atoms with Crippen LogP contribution in [0.2, 0.25) is 5.02 Å². The molecule has 1 fully saturated rings. The van der Waals surface area contributed by atoms with Crippen molar-refractivity contribution in [2.75, 3.05) is 0 Å². The number of halogens is 2. The van der Waals surface area contributed by atoms with Crippen LogP contribution in [0.25, 0.3) is 0 Å². The average molecular weight is 270 g/mol. The topological polar surface area (TPSA) is 43.1 Å². The molecule has 0 aliphatic heterocycles. The Labute approximate surface area is 111 Å². The van der Waals surface area contributed by atoms with Gasteiger partial charge in [-0.25, -0.2) is 4.39 Å². The van der Waals surface area contributed by atoms with Crippen LogP contribution in [-0.2, 0) is 11.2 Å². The highest BCUT2D eigenvalue weighted by atomic mass is 35.5. The first kappa shape index (κ1) is 13.5. The summed E-state index contributed by atoms with van der Waals surface area (Å²) < 4.78 is 13.7. The van der Waals surface area contributed by atoms with Gasteiger partial charge >= 0.3 is 0 Å². The van der Waals surface area contributed by atoms with Gasteiger partial charge in [0.2, 0.25) is 0 Å². The van der Waals surface area contributed by atoms with E-state index in [0.29, 0.717) is 12.0 Å². The van der Waals surface area contributed by atoms with Gasteiger partial charge in [0.25, 0.3) is 0 Å². The number of hydrogen-bond acceptors (Lipinski definition) is 2. The summed E-state index contributed by atoms with van der Waals surface area (Å²) in [6.45, 7) is 0. The normalized spacial score (nSPS) is 17.9. The van der Waals surface area contributed by atoms with Crippen molar-refractivity contribution in [1.29, 1.82) is 0 Å². The monoisotopic (exact) mass is 269 g/mol. The molecule has 0 bridgehead atoms. The fourth-order valence-corrected chi connectivity index (χ4v) is 2.80. The quantitative estimate of drug-likeness (QED) is 0.912. The van der Waals surface area contributed by atoms with Gasteiger partial charge in [0, 0.05) is 18.4 Å². The number of carbonyl (C=O) groups is 1. The van der Waals surface area contributed by atoms with Crippen molar-refractivity contribution in [2.45, 2.75) is 44.1 Å². The molecule has 2 nitrogen and oxygen atoms in total. The summed E-state index contributed by atoms with van der Waals surface area (Å²) in [6, 6.07) is 4.73. The number of nitrogens with two attached hydrogens (primary N) is 1. The minimum absolute atomic E-state index is 0.0134. The van der Waals surface area contributed by atoms with Crippen LogP contribution in [0.5, 0.6) is 0 Å². The van der Waals surface area contributed by atoms with Crippen LogP contribution in [0, 0.1) is 5.82 Å². The number of benzene rings is 1. The van der Waals surface area contributed by atoms with Crippen LogP contribution in [0.15, 0.2) is 18.2 Å². The zero-order chi connectivity index (χ0) is 13.2. The van der Waals surface area contributed by atoms with Crippen LogP contribution in [-0.4, -0.2) is 11.3 Å². The molecule has 98 valence electrons. The molecule has 1 aromatic carbocycles. The van der Waals surface area contributed by atoms with Crippen LogP contribution in [0.3, 0.4) is 0 Å². The highest BCUT2D eigenvalue weighted by Gasteiger charge is 2.31. The molecule has 0 aromatic heterocycles. The fourth-order valence-electron chi connectivity index (χ4n) is 2.61. The third-order valence-electron chi connectivity index (χ3n) is 3.57. The highest BCUT2D eigenvalue weighted by molar-refractivity contribution is 6.30. The van der Waals surface area contributed by atoms with E-state index >= 15 is 0 Å². The summed E-state index contributed by atoms with van der Waals surface area (Å²) in [5, 5.41) is 0.0589. The second kappa shape index (κ2) is 5.37. The molecule has 0 heterocycles. The lowest BCUT2D eigenvalue weighted by atomic mass is 9.90. The zero-order valence-electron chi connectivity index (χ0n) is 10.2. The number of ketones is 1. The van der Waals surface area contributed by atoms with Crippen molar-refractivity contribution < 1.29 is 9.18 Å². The van der Waals surface area contributed by atoms with Gasteiger partial charge in [-0.1, -0.05) is 36.6 Å². The van der Waals surface area contributed by atoms with E-state index in [-0.39, 0.29) is 22.8 Å². The predicted octanol–water partition coefficient (Wildman–Crippen LogP) is 3.25. The summed E-state index contributed by atoms with van der Waals surface area (Å²) in [7, 11) is 0. The molecule has 1 aliphatic rings. The summed E-state index contributed by atoms with van der Waals surface area (Å²) in [4.78, 5) is 11.9. The molecule has 18 heavy (non-hydrogen) atoms. The van der Waals surface area contributed by atoms with E-state index in [2.05, 4.69) is 0 Å². The van der Waals surface area contributed by atoms with Crippen molar-refractivity contribution in [3.05, 3.63) is 34.6 Å². The van der Waals surface area contributed by atoms with E-state index in [1.54, 1.807) is 12.1 Å². The summed E-state index contributed by atoms with van der Waals surface area (Å²) in [6.07, 6.45) is 4.34. The lowest BCUT2D eigenvalue weighted by Crippen LogP contribution is -2.39. The van der Waals surface area contributed by atoms with E-state index in [1.807, 2.05) is 0 Å². The number of hydrogen-bond donors (Lipinski definition) is 1. The second-order valence-corrected chi connectivity index (χ2v) is 5.58. The molecule has 1 saturated carbocycles. The maximum atomic E-state index is 13.7. The first-order valence-electron chi connectivity index (χ1n) is 6.24. The molecule has 1 aliphatic carbocycles. The van der Waals surface area contributed by atoms with E-state index in [9.17, 15) is 9.18 Å². The van der Waals surface area contributed by atoms with Gasteiger partial charge in [-0.3, -0.25) is 4.79 Å². The maximum absolute atomic E-state index is 13.7. The predicted molar refractivity (Wildman–Crippen MR) is 70.1 cm³/mol.